The Labute approximate surface area is 134 Å². The van der Waals surface area contributed by atoms with Crippen LogP contribution in [0.5, 0.6) is 0 Å². The molecule has 0 fully saturated rings. The van der Waals surface area contributed by atoms with Crippen LogP contribution in [0.15, 0.2) is 48.5 Å². The highest BCUT2D eigenvalue weighted by Crippen LogP contribution is 2.09. The van der Waals surface area contributed by atoms with Gasteiger partial charge in [-0.1, -0.05) is 23.7 Å². The molecule has 22 heavy (non-hydrogen) atoms. The molecule has 1 atom stereocenters. The molecule has 0 saturated carbocycles. The lowest BCUT2D eigenvalue weighted by molar-refractivity contribution is -0.885. The molecular formula is C17H17ClN3O+. The van der Waals surface area contributed by atoms with E-state index < -0.39 is 0 Å². The molecule has 0 radical (unpaired) electrons. The van der Waals surface area contributed by atoms with E-state index >= 15 is 0 Å². The van der Waals surface area contributed by atoms with Crippen molar-refractivity contribution in [1.82, 2.24) is 0 Å². The van der Waals surface area contributed by atoms with E-state index in [4.69, 9.17) is 16.9 Å². The molecule has 1 unspecified atom stereocenters. The number of rotatable bonds is 5. The molecule has 2 aromatic rings. The Hall–Kier alpha value is -2.35. The van der Waals surface area contributed by atoms with Crippen LogP contribution in [0.2, 0.25) is 5.02 Å². The minimum absolute atomic E-state index is 0.0591. The molecule has 4 nitrogen and oxygen atoms in total. The molecule has 0 aliphatic carbocycles. The van der Waals surface area contributed by atoms with E-state index in [9.17, 15) is 4.79 Å². The van der Waals surface area contributed by atoms with Gasteiger partial charge in [-0.2, -0.15) is 5.26 Å². The minimum Gasteiger partial charge on any atom is -0.326 e. The Morgan fingerprint density at radius 1 is 1.18 bits per heavy atom. The van der Waals surface area contributed by atoms with Crippen LogP contribution in [0.3, 0.4) is 0 Å². The summed E-state index contributed by atoms with van der Waals surface area (Å²) in [7, 11) is 1.97. The Morgan fingerprint density at radius 2 is 1.82 bits per heavy atom. The van der Waals surface area contributed by atoms with Crippen LogP contribution < -0.4 is 10.2 Å². The van der Waals surface area contributed by atoms with Crippen LogP contribution in [0.1, 0.15) is 11.1 Å². The Bertz CT molecular complexity index is 675. The summed E-state index contributed by atoms with van der Waals surface area (Å²) < 4.78 is 0. The summed E-state index contributed by atoms with van der Waals surface area (Å²) in [4.78, 5) is 13.1. The Kier molecular flexibility index (Phi) is 5.54. The number of carbonyl (C=O) groups is 1. The monoisotopic (exact) mass is 314 g/mol. The number of nitrogens with one attached hydrogen (secondary N) is 2. The highest BCUT2D eigenvalue weighted by molar-refractivity contribution is 6.30. The van der Waals surface area contributed by atoms with Crippen molar-refractivity contribution in [3.05, 3.63) is 64.7 Å². The van der Waals surface area contributed by atoms with Crippen molar-refractivity contribution < 1.29 is 9.69 Å². The predicted molar refractivity (Wildman–Crippen MR) is 86.7 cm³/mol. The van der Waals surface area contributed by atoms with E-state index in [2.05, 4.69) is 5.32 Å². The average Bonchev–Trinajstić information content (AvgIpc) is 2.50. The quantitative estimate of drug-likeness (QED) is 0.885. The average molecular weight is 315 g/mol. The van der Waals surface area contributed by atoms with E-state index in [0.717, 1.165) is 17.0 Å². The molecule has 0 bridgehead atoms. The minimum atomic E-state index is -0.0591. The maximum Gasteiger partial charge on any atom is 0.279 e. The van der Waals surface area contributed by atoms with Gasteiger partial charge in [0.15, 0.2) is 6.54 Å². The molecule has 112 valence electrons. The number of amides is 1. The molecule has 0 aliphatic heterocycles. The summed E-state index contributed by atoms with van der Waals surface area (Å²) in [5, 5.41) is 12.3. The molecule has 2 rings (SSSR count). The third-order valence-electron chi connectivity index (χ3n) is 3.18. The van der Waals surface area contributed by atoms with Gasteiger partial charge >= 0.3 is 0 Å². The van der Waals surface area contributed by atoms with Crippen molar-refractivity contribution in [3.8, 4) is 6.07 Å². The van der Waals surface area contributed by atoms with Crippen LogP contribution in [-0.4, -0.2) is 19.5 Å². The van der Waals surface area contributed by atoms with Gasteiger partial charge in [-0.15, -0.1) is 0 Å². The van der Waals surface area contributed by atoms with Crippen LogP contribution in [0, 0.1) is 11.3 Å². The molecule has 2 aromatic carbocycles. The number of nitrogens with zero attached hydrogens (tertiary/aromatic N) is 1. The zero-order valence-electron chi connectivity index (χ0n) is 12.3. The lowest BCUT2D eigenvalue weighted by Gasteiger charge is -2.14. The standard InChI is InChI=1S/C17H16ClN3O/c1-21(11-14-2-6-15(18)7-3-14)12-17(22)20-16-8-4-13(10-19)5-9-16/h2-9H,11-12H2,1H3,(H,20,22)/p+1. The second kappa shape index (κ2) is 7.60. The molecule has 0 spiro atoms. The van der Waals surface area contributed by atoms with E-state index in [0.29, 0.717) is 22.8 Å². The zero-order valence-corrected chi connectivity index (χ0v) is 13.0. The number of nitriles is 1. The first-order chi connectivity index (χ1) is 10.6. The van der Waals surface area contributed by atoms with Crippen molar-refractivity contribution in [2.75, 3.05) is 18.9 Å². The van der Waals surface area contributed by atoms with Gasteiger partial charge < -0.3 is 10.2 Å². The smallest absolute Gasteiger partial charge is 0.279 e. The highest BCUT2D eigenvalue weighted by atomic mass is 35.5. The first-order valence-electron chi connectivity index (χ1n) is 6.92. The van der Waals surface area contributed by atoms with Crippen LogP contribution in [-0.2, 0) is 11.3 Å². The third-order valence-corrected chi connectivity index (χ3v) is 3.43. The molecule has 0 saturated heterocycles. The van der Waals surface area contributed by atoms with Crippen LogP contribution in [0.25, 0.3) is 0 Å². The number of hydrogen-bond donors (Lipinski definition) is 2. The van der Waals surface area contributed by atoms with Gasteiger partial charge in [0.25, 0.3) is 5.91 Å². The fraction of sp³-hybridized carbons (Fsp3) is 0.176. The second-order valence-corrected chi connectivity index (χ2v) is 5.61. The molecular weight excluding hydrogens is 298 g/mol. The SMILES string of the molecule is C[NH+](CC(=O)Nc1ccc(C#N)cc1)Cc1ccc(Cl)cc1. The topological polar surface area (TPSA) is 57.3 Å². The summed E-state index contributed by atoms with van der Waals surface area (Å²) in [5.74, 6) is -0.0591. The maximum atomic E-state index is 12.0. The number of likely N-dealkylation sites (N-methyl/N-ethyl adjacent to an activating group) is 1. The number of hydrogen-bond acceptors (Lipinski definition) is 2. The first-order valence-corrected chi connectivity index (χ1v) is 7.30. The second-order valence-electron chi connectivity index (χ2n) is 5.17. The summed E-state index contributed by atoms with van der Waals surface area (Å²) in [5.41, 5.74) is 2.40. The Morgan fingerprint density at radius 3 is 2.41 bits per heavy atom. The maximum absolute atomic E-state index is 12.0. The van der Waals surface area contributed by atoms with Crippen LogP contribution in [0.4, 0.5) is 5.69 Å². The molecule has 0 aromatic heterocycles. The predicted octanol–water partition coefficient (Wildman–Crippen LogP) is 1.87. The molecule has 0 aliphatic rings. The van der Waals surface area contributed by atoms with Gasteiger partial charge in [0, 0.05) is 16.3 Å². The molecule has 1 amide bonds. The molecule has 2 N–H and O–H groups in total. The third kappa shape index (κ3) is 4.88. The first kappa shape index (κ1) is 16.0. The van der Waals surface area contributed by atoms with Crippen molar-refractivity contribution in [1.29, 1.82) is 5.26 Å². The van der Waals surface area contributed by atoms with Crippen molar-refractivity contribution in [2.45, 2.75) is 6.54 Å². The fourth-order valence-electron chi connectivity index (χ4n) is 2.12. The van der Waals surface area contributed by atoms with Gasteiger partial charge in [-0.25, -0.2) is 0 Å². The van der Waals surface area contributed by atoms with Crippen molar-refractivity contribution >= 4 is 23.2 Å². The molecule has 5 heteroatoms. The van der Waals surface area contributed by atoms with Crippen molar-refractivity contribution in [2.24, 2.45) is 0 Å². The van der Waals surface area contributed by atoms with Crippen LogP contribution >= 0.6 is 11.6 Å². The summed E-state index contributed by atoms with van der Waals surface area (Å²) in [6, 6.07) is 16.5. The van der Waals surface area contributed by atoms with Gasteiger partial charge in [0.05, 0.1) is 18.7 Å². The van der Waals surface area contributed by atoms with Gasteiger partial charge in [0.2, 0.25) is 0 Å². The summed E-state index contributed by atoms with van der Waals surface area (Å²) >= 11 is 5.85. The largest absolute Gasteiger partial charge is 0.326 e. The lowest BCUT2D eigenvalue weighted by Crippen LogP contribution is -3.08. The van der Waals surface area contributed by atoms with E-state index in [1.807, 2.05) is 37.4 Å². The van der Waals surface area contributed by atoms with E-state index in [-0.39, 0.29) is 5.91 Å². The van der Waals surface area contributed by atoms with Crippen molar-refractivity contribution in [3.63, 3.8) is 0 Å². The normalized spacial score (nSPS) is 11.5. The fourth-order valence-corrected chi connectivity index (χ4v) is 2.25. The van der Waals surface area contributed by atoms with Gasteiger partial charge in [0.1, 0.15) is 6.54 Å². The highest BCUT2D eigenvalue weighted by Gasteiger charge is 2.11. The van der Waals surface area contributed by atoms with E-state index in [1.54, 1.807) is 24.3 Å². The lowest BCUT2D eigenvalue weighted by atomic mass is 10.2. The van der Waals surface area contributed by atoms with Gasteiger partial charge in [-0.3, -0.25) is 4.79 Å². The summed E-state index contributed by atoms with van der Waals surface area (Å²) in [6.07, 6.45) is 0. The Balaban J connectivity index is 1.85. The zero-order chi connectivity index (χ0) is 15.9. The summed E-state index contributed by atoms with van der Waals surface area (Å²) in [6.45, 7) is 1.11. The number of carbonyl (C=O) groups excluding carboxylic acids is 1. The molecule has 0 heterocycles. The number of benzene rings is 2. The van der Waals surface area contributed by atoms with Gasteiger partial charge in [-0.05, 0) is 36.4 Å². The number of halogens is 1. The number of anilines is 1. The number of quaternary nitrogens is 1. The van der Waals surface area contributed by atoms with E-state index in [1.165, 1.54) is 0 Å².